The first-order valence-electron chi connectivity index (χ1n) is 17.6. The summed E-state index contributed by atoms with van der Waals surface area (Å²) in [6.45, 7) is 8.92. The molecular formula is C41H52NO7P. The molecule has 1 N–H and O–H groups in total. The van der Waals surface area contributed by atoms with Crippen LogP contribution in [0.15, 0.2) is 115 Å². The number of benzene rings is 4. The van der Waals surface area contributed by atoms with Gasteiger partial charge < -0.3 is 18.9 Å². The molecule has 8 nitrogen and oxygen atoms in total. The largest absolute Gasteiger partial charge is 0.497 e. The first kappa shape index (κ1) is 37.9. The van der Waals surface area contributed by atoms with Crippen LogP contribution in [0, 0.1) is 0 Å². The van der Waals surface area contributed by atoms with E-state index >= 15 is 0 Å². The van der Waals surface area contributed by atoms with Crippen molar-refractivity contribution in [1.29, 1.82) is 0 Å². The molecule has 1 saturated heterocycles. The smallest absolute Gasteiger partial charge is 0.406 e. The number of ether oxygens (including phenoxy) is 4. The molecule has 4 aromatic carbocycles. The molecule has 1 aliphatic rings. The molecule has 0 radical (unpaired) electrons. The number of hydrogen-bond acceptors (Lipinski definition) is 7. The first-order valence-corrected chi connectivity index (χ1v) is 19.1. The Bertz CT molecular complexity index is 1520. The van der Waals surface area contributed by atoms with Crippen molar-refractivity contribution in [3.63, 3.8) is 0 Å². The molecule has 5 rings (SSSR count). The molecule has 1 aliphatic heterocycles. The van der Waals surface area contributed by atoms with Gasteiger partial charge in [0.1, 0.15) is 11.4 Å². The molecule has 50 heavy (non-hydrogen) atoms. The van der Waals surface area contributed by atoms with Crippen LogP contribution in [-0.4, -0.2) is 44.7 Å². The van der Waals surface area contributed by atoms with Crippen molar-refractivity contribution < 1.29 is 32.6 Å². The summed E-state index contributed by atoms with van der Waals surface area (Å²) in [5, 5.41) is 3.13. The Morgan fingerprint density at radius 3 is 1.90 bits per heavy atom. The van der Waals surface area contributed by atoms with Gasteiger partial charge in [0.05, 0.1) is 38.1 Å². The third kappa shape index (κ3) is 10.4. The second-order valence-electron chi connectivity index (χ2n) is 13.6. The van der Waals surface area contributed by atoms with E-state index in [1.807, 2.05) is 107 Å². The minimum absolute atomic E-state index is 0.00535. The van der Waals surface area contributed by atoms with E-state index in [4.69, 9.17) is 28.0 Å². The van der Waals surface area contributed by atoms with Gasteiger partial charge >= 0.3 is 7.75 Å². The van der Waals surface area contributed by atoms with E-state index in [-0.39, 0.29) is 12.4 Å². The third-order valence-electron chi connectivity index (χ3n) is 8.49. The monoisotopic (exact) mass is 701 g/mol. The molecule has 0 spiro atoms. The third-order valence-corrected chi connectivity index (χ3v) is 10.5. The van der Waals surface area contributed by atoms with Crippen molar-refractivity contribution in [1.82, 2.24) is 5.09 Å². The van der Waals surface area contributed by atoms with Crippen LogP contribution in [-0.2, 0) is 33.4 Å². The van der Waals surface area contributed by atoms with E-state index in [1.165, 1.54) is 0 Å². The summed E-state index contributed by atoms with van der Waals surface area (Å²) < 4.78 is 50.5. The molecule has 0 bridgehead atoms. The van der Waals surface area contributed by atoms with Gasteiger partial charge in [-0.1, -0.05) is 103 Å². The Labute approximate surface area is 298 Å². The number of methoxy groups -OCH3 is 1. The maximum Gasteiger partial charge on any atom is 0.406 e. The summed E-state index contributed by atoms with van der Waals surface area (Å²) in [5.74, 6) is 0.798. The Hall–Kier alpha value is -3.33. The van der Waals surface area contributed by atoms with Crippen molar-refractivity contribution in [2.75, 3.05) is 26.9 Å². The summed E-state index contributed by atoms with van der Waals surface area (Å²) in [6, 6.07) is 38.5. The predicted molar refractivity (Wildman–Crippen MR) is 197 cm³/mol. The quantitative estimate of drug-likeness (QED) is 0.0624. The molecule has 1 heterocycles. The average Bonchev–Trinajstić information content (AvgIpc) is 3.59. The van der Waals surface area contributed by atoms with Crippen molar-refractivity contribution in [3.8, 4) is 5.75 Å². The summed E-state index contributed by atoms with van der Waals surface area (Å²) >= 11 is 0. The maximum atomic E-state index is 14.1. The van der Waals surface area contributed by atoms with Crippen LogP contribution in [0.1, 0.15) is 81.9 Å². The van der Waals surface area contributed by atoms with Crippen LogP contribution >= 0.6 is 7.75 Å². The van der Waals surface area contributed by atoms with Gasteiger partial charge in [0.25, 0.3) is 0 Å². The number of nitrogens with one attached hydrogen (secondary N) is 1. The first-order chi connectivity index (χ1) is 24.1. The molecule has 4 atom stereocenters. The van der Waals surface area contributed by atoms with Gasteiger partial charge in [0, 0.05) is 12.1 Å². The summed E-state index contributed by atoms with van der Waals surface area (Å²) in [6.07, 6.45) is 2.21. The van der Waals surface area contributed by atoms with Crippen LogP contribution in [0.4, 0.5) is 0 Å². The fourth-order valence-corrected chi connectivity index (χ4v) is 8.05. The molecule has 4 aromatic rings. The predicted octanol–water partition coefficient (Wildman–Crippen LogP) is 9.60. The van der Waals surface area contributed by atoms with E-state index in [1.54, 1.807) is 7.11 Å². The average molecular weight is 702 g/mol. The molecule has 268 valence electrons. The van der Waals surface area contributed by atoms with Crippen LogP contribution in [0.5, 0.6) is 5.75 Å². The van der Waals surface area contributed by atoms with Crippen molar-refractivity contribution in [2.45, 2.75) is 83.1 Å². The van der Waals surface area contributed by atoms with Gasteiger partial charge in [-0.25, -0.2) is 9.65 Å². The highest BCUT2D eigenvalue weighted by Crippen LogP contribution is 2.49. The summed E-state index contributed by atoms with van der Waals surface area (Å²) in [7, 11) is -2.00. The Morgan fingerprint density at radius 1 is 0.820 bits per heavy atom. The standard InChI is InChI=1S/C41H52NO7P/c1-32(28-30-46-41(34-17-9-6-10-18-34,35-19-11-7-12-20-35)36-21-13-8-14-22-36)48-50(43,49-40(2,3)4)42-29-16-15-23-38-31-45-39(47-38)33-24-26-37(44-5)27-25-33/h6-14,17-22,24-27,32,38-39H,15-16,23,28-31H2,1-5H3,(H,42,43). The SMILES string of the molecule is COc1ccc(C2OCC(CCCCNP(=O)(OC(C)CCOC(c3ccccc3)(c3ccccc3)c3ccccc3)OC(C)(C)C)O2)cc1. The lowest BCUT2D eigenvalue weighted by Crippen LogP contribution is -2.34. The molecular weight excluding hydrogens is 649 g/mol. The molecule has 9 heteroatoms. The van der Waals surface area contributed by atoms with Gasteiger partial charge in [0.15, 0.2) is 6.29 Å². The highest BCUT2D eigenvalue weighted by molar-refractivity contribution is 7.51. The van der Waals surface area contributed by atoms with Gasteiger partial charge in [-0.2, -0.15) is 0 Å². The highest BCUT2D eigenvalue weighted by atomic mass is 31.2. The molecule has 0 aromatic heterocycles. The van der Waals surface area contributed by atoms with E-state index in [0.717, 1.165) is 47.3 Å². The lowest BCUT2D eigenvalue weighted by Gasteiger charge is -2.36. The van der Waals surface area contributed by atoms with Crippen molar-refractivity contribution >= 4 is 7.75 Å². The van der Waals surface area contributed by atoms with Crippen LogP contribution in [0.2, 0.25) is 0 Å². The van der Waals surface area contributed by atoms with Crippen LogP contribution < -0.4 is 9.82 Å². The highest BCUT2D eigenvalue weighted by Gasteiger charge is 2.38. The van der Waals surface area contributed by atoms with Gasteiger partial charge in [-0.15, -0.1) is 0 Å². The Kier molecular flexibility index (Phi) is 13.5. The lowest BCUT2D eigenvalue weighted by atomic mass is 9.80. The number of unbranched alkanes of at least 4 members (excludes halogenated alkanes) is 1. The maximum absolute atomic E-state index is 14.1. The van der Waals surface area contributed by atoms with Gasteiger partial charge in [-0.3, -0.25) is 9.05 Å². The van der Waals surface area contributed by atoms with Gasteiger partial charge in [0.2, 0.25) is 0 Å². The zero-order valence-electron chi connectivity index (χ0n) is 30.0. The van der Waals surface area contributed by atoms with Crippen LogP contribution in [0.25, 0.3) is 0 Å². The van der Waals surface area contributed by atoms with E-state index in [9.17, 15) is 4.57 Å². The zero-order chi connectivity index (χ0) is 35.5. The van der Waals surface area contributed by atoms with E-state index in [0.29, 0.717) is 26.2 Å². The fraction of sp³-hybridized carbons (Fsp3) is 0.415. The summed E-state index contributed by atoms with van der Waals surface area (Å²) in [5.41, 5.74) is 2.54. The second-order valence-corrected chi connectivity index (χ2v) is 15.3. The Morgan fingerprint density at radius 2 is 1.38 bits per heavy atom. The van der Waals surface area contributed by atoms with Crippen LogP contribution in [0.3, 0.4) is 0 Å². The number of hydrogen-bond donors (Lipinski definition) is 1. The minimum atomic E-state index is -3.65. The lowest BCUT2D eigenvalue weighted by molar-refractivity contribution is -0.0613. The zero-order valence-corrected chi connectivity index (χ0v) is 30.9. The van der Waals surface area contributed by atoms with Crippen molar-refractivity contribution in [3.05, 3.63) is 138 Å². The molecule has 0 amide bonds. The van der Waals surface area contributed by atoms with Gasteiger partial charge in [-0.05, 0) is 82.2 Å². The fourth-order valence-electron chi connectivity index (χ4n) is 6.14. The molecule has 0 saturated carbocycles. The van der Waals surface area contributed by atoms with E-state index in [2.05, 4.69) is 41.5 Å². The molecule has 1 fully saturated rings. The number of rotatable bonds is 18. The normalized spacial score (nSPS) is 18.4. The molecule has 0 aliphatic carbocycles. The Balaban J connectivity index is 1.16. The molecule has 4 unspecified atom stereocenters. The minimum Gasteiger partial charge on any atom is -0.497 e. The van der Waals surface area contributed by atoms with E-state index < -0.39 is 25.1 Å². The second kappa shape index (κ2) is 17.7. The summed E-state index contributed by atoms with van der Waals surface area (Å²) in [4.78, 5) is 0. The van der Waals surface area contributed by atoms with Crippen molar-refractivity contribution in [2.24, 2.45) is 0 Å². The topological polar surface area (TPSA) is 84.5 Å².